The molecule has 0 saturated carbocycles. The van der Waals surface area contributed by atoms with Gasteiger partial charge < -0.3 is 9.33 Å². The molecule has 0 unspecified atom stereocenters. The molecule has 0 heterocycles. The maximum Gasteiger partial charge on any atom is 0.242 e. The Morgan fingerprint density at radius 2 is 1.95 bits per heavy atom. The highest BCUT2D eigenvalue weighted by Gasteiger charge is 2.31. The van der Waals surface area contributed by atoms with E-state index in [1.165, 1.54) is 0 Å². The molecule has 0 aliphatic heterocycles. The molecular weight excluding hydrogens is 290 g/mol. The van der Waals surface area contributed by atoms with Crippen molar-refractivity contribution in [3.05, 3.63) is 59.9 Å². The first kappa shape index (κ1) is 16.6. The number of allylic oxidation sites excluding steroid dienone is 1. The maximum absolute atomic E-state index is 11.6. The molecule has 1 atom stereocenters. The first-order chi connectivity index (χ1) is 10.3. The van der Waals surface area contributed by atoms with Gasteiger partial charge in [-0.05, 0) is 50.7 Å². The molecule has 1 aliphatic carbocycles. The fraction of sp³-hybridized carbons (Fsp3) is 0.389. The van der Waals surface area contributed by atoms with Crippen molar-refractivity contribution in [1.82, 2.24) is 4.90 Å². The Hall–Kier alpha value is -1.81. The molecule has 1 aromatic carbocycles. The third-order valence-electron chi connectivity index (χ3n) is 3.67. The molecule has 22 heavy (non-hydrogen) atoms. The Labute approximate surface area is 134 Å². The molecule has 0 radical (unpaired) electrons. The van der Waals surface area contributed by atoms with E-state index in [2.05, 4.69) is 38.7 Å². The van der Waals surface area contributed by atoms with Crippen LogP contribution in [0, 0.1) is 0 Å². The second-order valence-corrected chi connectivity index (χ2v) is 11.4. The molecule has 118 valence electrons. The maximum atomic E-state index is 11.6. The molecule has 0 spiro atoms. The van der Waals surface area contributed by atoms with Crippen LogP contribution in [0.4, 0.5) is 0 Å². The van der Waals surface area contributed by atoms with Gasteiger partial charge in [0.1, 0.15) is 5.76 Å². The number of amides is 1. The minimum absolute atomic E-state index is 0.346. The predicted molar refractivity (Wildman–Crippen MR) is 92.7 cm³/mol. The number of hydrogen-bond donors (Lipinski definition) is 0. The molecule has 1 amide bonds. The molecule has 0 bridgehead atoms. The van der Waals surface area contributed by atoms with Crippen molar-refractivity contribution in [2.24, 2.45) is 0 Å². The SMILES string of the molecule is C[C@@]1(N(C=O)Cc2ccccc2)C=C(O[Si](C)(C)C)C=CC1. The molecular formula is C18H25NO2Si. The highest BCUT2D eigenvalue weighted by atomic mass is 28.4. The van der Waals surface area contributed by atoms with Crippen LogP contribution in [-0.4, -0.2) is 25.2 Å². The number of benzene rings is 1. The van der Waals surface area contributed by atoms with Crippen LogP contribution < -0.4 is 0 Å². The average Bonchev–Trinajstić information content (AvgIpc) is 2.44. The van der Waals surface area contributed by atoms with Crippen molar-refractivity contribution in [3.8, 4) is 0 Å². The minimum atomic E-state index is -1.65. The van der Waals surface area contributed by atoms with Gasteiger partial charge in [0.15, 0.2) is 0 Å². The van der Waals surface area contributed by atoms with Crippen molar-refractivity contribution in [2.75, 3.05) is 0 Å². The fourth-order valence-corrected chi connectivity index (χ4v) is 3.40. The van der Waals surface area contributed by atoms with Gasteiger partial charge in [-0.25, -0.2) is 0 Å². The Bertz CT molecular complexity index is 574. The quantitative estimate of drug-likeness (QED) is 0.584. The molecule has 2 rings (SSSR count). The lowest BCUT2D eigenvalue weighted by molar-refractivity contribution is -0.122. The van der Waals surface area contributed by atoms with Gasteiger partial charge >= 0.3 is 0 Å². The van der Waals surface area contributed by atoms with E-state index in [4.69, 9.17) is 4.43 Å². The monoisotopic (exact) mass is 315 g/mol. The molecule has 1 aromatic rings. The van der Waals surface area contributed by atoms with Gasteiger partial charge in [0.25, 0.3) is 0 Å². The van der Waals surface area contributed by atoms with E-state index in [0.29, 0.717) is 6.54 Å². The van der Waals surface area contributed by atoms with Crippen molar-refractivity contribution < 1.29 is 9.22 Å². The predicted octanol–water partition coefficient (Wildman–Crippen LogP) is 4.10. The van der Waals surface area contributed by atoms with Crippen LogP contribution >= 0.6 is 0 Å². The zero-order valence-corrected chi connectivity index (χ0v) is 14.9. The summed E-state index contributed by atoms with van der Waals surface area (Å²) in [4.78, 5) is 13.5. The normalized spacial score (nSPS) is 21.2. The zero-order valence-electron chi connectivity index (χ0n) is 13.9. The molecule has 0 N–H and O–H groups in total. The first-order valence-corrected chi connectivity index (χ1v) is 11.1. The van der Waals surface area contributed by atoms with Gasteiger partial charge in [0, 0.05) is 6.54 Å². The summed E-state index contributed by atoms with van der Waals surface area (Å²) in [5, 5.41) is 0. The number of hydrogen-bond acceptors (Lipinski definition) is 2. The summed E-state index contributed by atoms with van der Waals surface area (Å²) in [5.41, 5.74) is 0.785. The Balaban J connectivity index is 2.20. The summed E-state index contributed by atoms with van der Waals surface area (Å²) in [6.45, 7) is 9.17. The third-order valence-corrected chi connectivity index (χ3v) is 4.52. The van der Waals surface area contributed by atoms with Crippen LogP contribution in [0.15, 0.2) is 54.3 Å². The Kier molecular flexibility index (Phi) is 4.91. The van der Waals surface area contributed by atoms with Gasteiger partial charge in [-0.1, -0.05) is 36.4 Å². The number of rotatable bonds is 6. The zero-order chi connectivity index (χ0) is 16.2. The Morgan fingerprint density at radius 1 is 1.27 bits per heavy atom. The van der Waals surface area contributed by atoms with Crippen LogP contribution in [0.2, 0.25) is 19.6 Å². The van der Waals surface area contributed by atoms with E-state index in [9.17, 15) is 4.79 Å². The second kappa shape index (κ2) is 6.52. The largest absolute Gasteiger partial charge is 0.544 e. The number of carbonyl (C=O) groups is 1. The smallest absolute Gasteiger partial charge is 0.242 e. The van der Waals surface area contributed by atoms with Crippen LogP contribution in [0.25, 0.3) is 0 Å². The summed E-state index contributed by atoms with van der Waals surface area (Å²) in [6.07, 6.45) is 7.94. The molecule has 1 aliphatic rings. The van der Waals surface area contributed by atoms with Crippen LogP contribution in [0.3, 0.4) is 0 Å². The molecule has 0 saturated heterocycles. The first-order valence-electron chi connectivity index (χ1n) is 7.67. The lowest BCUT2D eigenvalue weighted by atomic mass is 9.90. The van der Waals surface area contributed by atoms with Crippen molar-refractivity contribution >= 4 is 14.7 Å². The number of nitrogens with zero attached hydrogens (tertiary/aromatic N) is 1. The van der Waals surface area contributed by atoms with Crippen LogP contribution in [0.1, 0.15) is 18.9 Å². The van der Waals surface area contributed by atoms with Gasteiger partial charge in [0.05, 0.1) is 5.54 Å². The lowest BCUT2D eigenvalue weighted by Gasteiger charge is -2.38. The van der Waals surface area contributed by atoms with E-state index >= 15 is 0 Å². The van der Waals surface area contributed by atoms with E-state index in [0.717, 1.165) is 24.2 Å². The second-order valence-electron chi connectivity index (χ2n) is 6.94. The molecule has 0 fully saturated rings. The summed E-state index contributed by atoms with van der Waals surface area (Å²) < 4.78 is 6.09. The van der Waals surface area contributed by atoms with E-state index in [1.807, 2.05) is 41.3 Å². The van der Waals surface area contributed by atoms with Crippen molar-refractivity contribution in [3.63, 3.8) is 0 Å². The van der Waals surface area contributed by atoms with Crippen molar-refractivity contribution in [2.45, 2.75) is 45.1 Å². The summed E-state index contributed by atoms with van der Waals surface area (Å²) in [6, 6.07) is 10.1. The summed E-state index contributed by atoms with van der Waals surface area (Å²) >= 11 is 0. The average molecular weight is 315 g/mol. The van der Waals surface area contributed by atoms with Gasteiger partial charge in [0.2, 0.25) is 14.7 Å². The lowest BCUT2D eigenvalue weighted by Crippen LogP contribution is -2.44. The van der Waals surface area contributed by atoms with E-state index < -0.39 is 8.32 Å². The van der Waals surface area contributed by atoms with E-state index in [-0.39, 0.29) is 5.54 Å². The van der Waals surface area contributed by atoms with Gasteiger partial charge in [-0.15, -0.1) is 0 Å². The summed E-state index contributed by atoms with van der Waals surface area (Å²) in [5.74, 6) is 0.882. The Morgan fingerprint density at radius 3 is 2.55 bits per heavy atom. The summed E-state index contributed by atoms with van der Waals surface area (Å²) in [7, 11) is -1.65. The number of carbonyl (C=O) groups excluding carboxylic acids is 1. The minimum Gasteiger partial charge on any atom is -0.544 e. The van der Waals surface area contributed by atoms with Crippen LogP contribution in [0.5, 0.6) is 0 Å². The molecule has 4 heteroatoms. The van der Waals surface area contributed by atoms with Gasteiger partial charge in [-0.3, -0.25) is 4.79 Å². The molecule has 0 aromatic heterocycles. The van der Waals surface area contributed by atoms with Crippen LogP contribution in [-0.2, 0) is 15.8 Å². The highest BCUT2D eigenvalue weighted by Crippen LogP contribution is 2.29. The molecule has 3 nitrogen and oxygen atoms in total. The van der Waals surface area contributed by atoms with Crippen molar-refractivity contribution in [1.29, 1.82) is 0 Å². The third kappa shape index (κ3) is 4.34. The fourth-order valence-electron chi connectivity index (χ4n) is 2.56. The van der Waals surface area contributed by atoms with Gasteiger partial charge in [-0.2, -0.15) is 0 Å². The topological polar surface area (TPSA) is 29.5 Å². The highest BCUT2D eigenvalue weighted by molar-refractivity contribution is 6.70. The standard InChI is InChI=1S/C18H25NO2Si/c1-18(12-8-11-17(13-18)21-22(2,3)4)19(15-20)14-16-9-6-5-7-10-16/h5-11,13,15H,12,14H2,1-4H3/t18-/m0/s1. The van der Waals surface area contributed by atoms with E-state index in [1.54, 1.807) is 0 Å².